The maximum absolute atomic E-state index is 12.1. The Bertz CT molecular complexity index is 584. The van der Waals surface area contributed by atoms with E-state index in [1.54, 1.807) is 6.07 Å². The number of rotatable bonds is 6. The zero-order valence-electron chi connectivity index (χ0n) is 12.3. The molecule has 0 atom stereocenters. The predicted molar refractivity (Wildman–Crippen MR) is 83.0 cm³/mol. The first-order valence-corrected chi connectivity index (χ1v) is 7.03. The van der Waals surface area contributed by atoms with Crippen molar-refractivity contribution >= 4 is 11.7 Å². The molecular formula is C16H20N4O. The first kappa shape index (κ1) is 15.0. The van der Waals surface area contributed by atoms with Gasteiger partial charge in [-0.2, -0.15) is 0 Å². The standard InChI is InChI=1S/C16H20N4O/c1-12(2)9-17-15-8-14(19-11-20-15)16(21)18-10-13-6-4-3-5-7-13/h3-8,11-12H,9-10H2,1-2H3,(H,18,21)(H,17,19,20). The van der Waals surface area contributed by atoms with E-state index >= 15 is 0 Å². The van der Waals surface area contributed by atoms with Crippen LogP contribution in [0, 0.1) is 5.92 Å². The Hall–Kier alpha value is -2.43. The summed E-state index contributed by atoms with van der Waals surface area (Å²) in [6.07, 6.45) is 1.40. The van der Waals surface area contributed by atoms with Gasteiger partial charge < -0.3 is 10.6 Å². The lowest BCUT2D eigenvalue weighted by atomic mass is 10.2. The van der Waals surface area contributed by atoms with Crippen LogP contribution in [0.1, 0.15) is 29.9 Å². The molecule has 2 aromatic rings. The molecule has 2 N–H and O–H groups in total. The van der Waals surface area contributed by atoms with E-state index in [0.717, 1.165) is 12.1 Å². The quantitative estimate of drug-likeness (QED) is 0.855. The molecular weight excluding hydrogens is 264 g/mol. The van der Waals surface area contributed by atoms with Crippen molar-refractivity contribution in [2.24, 2.45) is 5.92 Å². The number of hydrogen-bond acceptors (Lipinski definition) is 4. The van der Waals surface area contributed by atoms with Gasteiger partial charge in [0.05, 0.1) is 0 Å². The molecule has 0 radical (unpaired) electrons. The van der Waals surface area contributed by atoms with Gasteiger partial charge in [-0.15, -0.1) is 0 Å². The van der Waals surface area contributed by atoms with E-state index in [4.69, 9.17) is 0 Å². The highest BCUT2D eigenvalue weighted by molar-refractivity contribution is 5.92. The monoisotopic (exact) mass is 284 g/mol. The Morgan fingerprint density at radius 3 is 2.67 bits per heavy atom. The first-order valence-electron chi connectivity index (χ1n) is 7.03. The van der Waals surface area contributed by atoms with Crippen molar-refractivity contribution in [3.8, 4) is 0 Å². The number of anilines is 1. The van der Waals surface area contributed by atoms with E-state index in [-0.39, 0.29) is 5.91 Å². The van der Waals surface area contributed by atoms with Crippen LogP contribution < -0.4 is 10.6 Å². The van der Waals surface area contributed by atoms with Gasteiger partial charge in [0, 0.05) is 19.2 Å². The third kappa shape index (κ3) is 4.87. The molecule has 2 rings (SSSR count). The molecule has 5 heteroatoms. The van der Waals surface area contributed by atoms with Gasteiger partial charge in [0.15, 0.2) is 0 Å². The Morgan fingerprint density at radius 2 is 1.95 bits per heavy atom. The summed E-state index contributed by atoms with van der Waals surface area (Å²) in [5.41, 5.74) is 1.42. The minimum absolute atomic E-state index is 0.200. The average molecular weight is 284 g/mol. The molecule has 0 saturated heterocycles. The van der Waals surface area contributed by atoms with Crippen LogP contribution in [0.3, 0.4) is 0 Å². The van der Waals surface area contributed by atoms with Crippen molar-refractivity contribution < 1.29 is 4.79 Å². The highest BCUT2D eigenvalue weighted by atomic mass is 16.1. The normalized spacial score (nSPS) is 10.4. The molecule has 1 amide bonds. The fraction of sp³-hybridized carbons (Fsp3) is 0.312. The highest BCUT2D eigenvalue weighted by Crippen LogP contribution is 2.06. The number of amides is 1. The molecule has 0 fully saturated rings. The lowest BCUT2D eigenvalue weighted by molar-refractivity contribution is 0.0946. The predicted octanol–water partition coefficient (Wildman–Crippen LogP) is 2.47. The Kier molecular flexibility index (Phi) is 5.26. The van der Waals surface area contributed by atoms with E-state index in [9.17, 15) is 4.79 Å². The summed E-state index contributed by atoms with van der Waals surface area (Å²) < 4.78 is 0. The Balaban J connectivity index is 1.94. The van der Waals surface area contributed by atoms with Crippen LogP contribution in [0.4, 0.5) is 5.82 Å². The number of nitrogens with zero attached hydrogens (tertiary/aromatic N) is 2. The molecule has 0 unspecified atom stereocenters. The smallest absolute Gasteiger partial charge is 0.270 e. The van der Waals surface area contributed by atoms with Crippen molar-refractivity contribution in [2.45, 2.75) is 20.4 Å². The zero-order chi connectivity index (χ0) is 15.1. The summed E-state index contributed by atoms with van der Waals surface area (Å²) in [5.74, 6) is 0.979. The topological polar surface area (TPSA) is 66.9 Å². The summed E-state index contributed by atoms with van der Waals surface area (Å²) in [5, 5.41) is 6.03. The number of carbonyl (C=O) groups excluding carboxylic acids is 1. The maximum Gasteiger partial charge on any atom is 0.270 e. The lowest BCUT2D eigenvalue weighted by Crippen LogP contribution is -2.24. The van der Waals surface area contributed by atoms with E-state index in [1.165, 1.54) is 6.33 Å². The van der Waals surface area contributed by atoms with Crippen LogP contribution >= 0.6 is 0 Å². The van der Waals surface area contributed by atoms with Crippen LogP contribution in [0.5, 0.6) is 0 Å². The number of hydrogen-bond donors (Lipinski definition) is 2. The largest absolute Gasteiger partial charge is 0.370 e. The Labute approximate surface area is 124 Å². The number of nitrogens with one attached hydrogen (secondary N) is 2. The van der Waals surface area contributed by atoms with Crippen LogP contribution in [-0.2, 0) is 6.54 Å². The van der Waals surface area contributed by atoms with Crippen molar-refractivity contribution in [3.05, 3.63) is 54.0 Å². The lowest BCUT2D eigenvalue weighted by Gasteiger charge is -2.09. The molecule has 1 aromatic carbocycles. The summed E-state index contributed by atoms with van der Waals surface area (Å²) in [6.45, 7) is 5.52. The van der Waals surface area contributed by atoms with Crippen molar-refractivity contribution in [3.63, 3.8) is 0 Å². The summed E-state index contributed by atoms with van der Waals surface area (Å²) in [6, 6.07) is 11.4. The second kappa shape index (κ2) is 7.38. The van der Waals surface area contributed by atoms with Gasteiger partial charge in [0.2, 0.25) is 0 Å². The molecule has 5 nitrogen and oxygen atoms in total. The van der Waals surface area contributed by atoms with Gasteiger partial charge in [0.25, 0.3) is 5.91 Å². The van der Waals surface area contributed by atoms with Gasteiger partial charge in [-0.05, 0) is 11.5 Å². The molecule has 1 heterocycles. The summed E-state index contributed by atoms with van der Waals surface area (Å²) >= 11 is 0. The minimum Gasteiger partial charge on any atom is -0.370 e. The second-order valence-electron chi connectivity index (χ2n) is 5.23. The van der Waals surface area contributed by atoms with E-state index in [1.807, 2.05) is 30.3 Å². The third-order valence-corrected chi connectivity index (χ3v) is 2.89. The molecule has 110 valence electrons. The van der Waals surface area contributed by atoms with Crippen molar-refractivity contribution in [1.82, 2.24) is 15.3 Å². The minimum atomic E-state index is -0.200. The molecule has 0 aliphatic rings. The van der Waals surface area contributed by atoms with E-state index in [0.29, 0.717) is 24.0 Å². The highest BCUT2D eigenvalue weighted by Gasteiger charge is 2.08. The fourth-order valence-electron chi connectivity index (χ4n) is 1.76. The number of benzene rings is 1. The molecule has 0 aliphatic carbocycles. The van der Waals surface area contributed by atoms with Crippen molar-refractivity contribution in [1.29, 1.82) is 0 Å². The molecule has 0 saturated carbocycles. The van der Waals surface area contributed by atoms with E-state index < -0.39 is 0 Å². The van der Waals surface area contributed by atoms with Crippen molar-refractivity contribution in [2.75, 3.05) is 11.9 Å². The fourth-order valence-corrected chi connectivity index (χ4v) is 1.76. The summed E-state index contributed by atoms with van der Waals surface area (Å²) in [4.78, 5) is 20.2. The SMILES string of the molecule is CC(C)CNc1cc(C(=O)NCc2ccccc2)ncn1. The second-order valence-corrected chi connectivity index (χ2v) is 5.23. The van der Waals surface area contributed by atoms with Gasteiger partial charge >= 0.3 is 0 Å². The average Bonchev–Trinajstić information content (AvgIpc) is 2.52. The summed E-state index contributed by atoms with van der Waals surface area (Å²) in [7, 11) is 0. The Morgan fingerprint density at radius 1 is 1.19 bits per heavy atom. The van der Waals surface area contributed by atoms with Gasteiger partial charge in [0.1, 0.15) is 17.8 Å². The third-order valence-electron chi connectivity index (χ3n) is 2.89. The molecule has 0 spiro atoms. The molecule has 0 aliphatic heterocycles. The molecule has 0 bridgehead atoms. The maximum atomic E-state index is 12.1. The van der Waals surface area contributed by atoms with Gasteiger partial charge in [-0.25, -0.2) is 9.97 Å². The van der Waals surface area contributed by atoms with Crippen LogP contribution in [0.2, 0.25) is 0 Å². The first-order chi connectivity index (χ1) is 10.1. The van der Waals surface area contributed by atoms with Crippen LogP contribution in [-0.4, -0.2) is 22.4 Å². The zero-order valence-corrected chi connectivity index (χ0v) is 12.3. The van der Waals surface area contributed by atoms with E-state index in [2.05, 4.69) is 34.4 Å². The van der Waals surface area contributed by atoms with Gasteiger partial charge in [-0.1, -0.05) is 44.2 Å². The molecule has 1 aromatic heterocycles. The number of carbonyl (C=O) groups is 1. The van der Waals surface area contributed by atoms with Crippen LogP contribution in [0.25, 0.3) is 0 Å². The van der Waals surface area contributed by atoms with Crippen LogP contribution in [0.15, 0.2) is 42.7 Å². The number of aromatic nitrogens is 2. The van der Waals surface area contributed by atoms with Gasteiger partial charge in [-0.3, -0.25) is 4.79 Å². The molecule has 21 heavy (non-hydrogen) atoms.